The van der Waals surface area contributed by atoms with Gasteiger partial charge in [-0.2, -0.15) is 0 Å². The molecule has 0 radical (unpaired) electrons. The molecule has 2 aromatic heterocycles. The minimum Gasteiger partial charge on any atom is -0.494 e. The number of benzene rings is 2. The molecule has 2 heterocycles. The number of carbonyl (C=O) groups excluding carboxylic acids is 1. The molecule has 0 atom stereocenters. The molecule has 170 valence electrons. The molecule has 0 fully saturated rings. The molecule has 10 heteroatoms. The first-order valence-corrected chi connectivity index (χ1v) is 11.6. The van der Waals surface area contributed by atoms with E-state index in [0.717, 1.165) is 17.0 Å². The zero-order valence-corrected chi connectivity index (χ0v) is 18.4. The lowest BCUT2D eigenvalue weighted by Gasteiger charge is -2.11. The van der Waals surface area contributed by atoms with Gasteiger partial charge in [0.1, 0.15) is 11.4 Å². The second kappa shape index (κ2) is 9.29. The number of nitrogens with one attached hydrogen (secondary N) is 3. The fraction of sp³-hybridized carbons (Fsp3) is 0.130. The van der Waals surface area contributed by atoms with E-state index in [9.17, 15) is 17.6 Å². The number of halogens is 1. The molecule has 0 saturated heterocycles. The lowest BCUT2D eigenvalue weighted by atomic mass is 10.2. The summed E-state index contributed by atoms with van der Waals surface area (Å²) in [5.74, 6) is -0.722. The number of H-pyrrole nitrogens is 1. The Morgan fingerprint density at radius 3 is 2.61 bits per heavy atom. The summed E-state index contributed by atoms with van der Waals surface area (Å²) in [5.41, 5.74) is 1.73. The molecule has 0 unspecified atom stereocenters. The Morgan fingerprint density at radius 1 is 1.12 bits per heavy atom. The predicted molar refractivity (Wildman–Crippen MR) is 122 cm³/mol. The van der Waals surface area contributed by atoms with Crippen molar-refractivity contribution in [3.63, 3.8) is 0 Å². The molecule has 0 aliphatic rings. The second-order valence-corrected chi connectivity index (χ2v) is 8.84. The topological polar surface area (TPSA) is 113 Å². The summed E-state index contributed by atoms with van der Waals surface area (Å²) in [7, 11) is -4.00. The quantitative estimate of drug-likeness (QED) is 0.364. The van der Waals surface area contributed by atoms with Gasteiger partial charge in [0.25, 0.3) is 15.9 Å². The van der Waals surface area contributed by atoms with Gasteiger partial charge in [0, 0.05) is 35.9 Å². The summed E-state index contributed by atoms with van der Waals surface area (Å²) >= 11 is 0. The zero-order chi connectivity index (χ0) is 23.4. The monoisotopic (exact) mass is 468 g/mol. The maximum Gasteiger partial charge on any atom is 0.267 e. The molecule has 0 spiro atoms. The summed E-state index contributed by atoms with van der Waals surface area (Å²) in [6, 6.07) is 13.4. The van der Waals surface area contributed by atoms with Crippen LogP contribution in [-0.4, -0.2) is 30.9 Å². The van der Waals surface area contributed by atoms with E-state index in [4.69, 9.17) is 4.74 Å². The van der Waals surface area contributed by atoms with Crippen LogP contribution >= 0.6 is 0 Å². The van der Waals surface area contributed by atoms with Crippen molar-refractivity contribution >= 4 is 32.5 Å². The number of anilines is 1. The Balaban J connectivity index is 1.40. The van der Waals surface area contributed by atoms with Crippen molar-refractivity contribution in [1.82, 2.24) is 15.3 Å². The van der Waals surface area contributed by atoms with Crippen LogP contribution in [0.4, 0.5) is 10.1 Å². The molecule has 4 rings (SSSR count). The number of rotatable bonds is 8. The van der Waals surface area contributed by atoms with Crippen molar-refractivity contribution in [2.75, 3.05) is 11.3 Å². The highest BCUT2D eigenvalue weighted by atomic mass is 32.2. The number of fused-ring (bicyclic) bond motifs is 1. The van der Waals surface area contributed by atoms with Crippen molar-refractivity contribution in [3.05, 3.63) is 84.1 Å². The van der Waals surface area contributed by atoms with Crippen LogP contribution in [0.25, 0.3) is 10.9 Å². The third kappa shape index (κ3) is 5.12. The molecule has 33 heavy (non-hydrogen) atoms. The summed E-state index contributed by atoms with van der Waals surface area (Å²) in [6.07, 6.45) is 3.30. The average molecular weight is 469 g/mol. The van der Waals surface area contributed by atoms with Crippen molar-refractivity contribution in [2.45, 2.75) is 18.4 Å². The van der Waals surface area contributed by atoms with Crippen molar-refractivity contribution in [2.24, 2.45) is 0 Å². The summed E-state index contributed by atoms with van der Waals surface area (Å²) in [6.45, 7) is 2.34. The number of hydrogen-bond donors (Lipinski definition) is 3. The number of sulfonamides is 1. The lowest BCUT2D eigenvalue weighted by molar-refractivity contribution is 0.0946. The summed E-state index contributed by atoms with van der Waals surface area (Å²) in [5, 5.41) is 3.61. The highest BCUT2D eigenvalue weighted by Gasteiger charge is 2.17. The number of ether oxygens (including phenoxy) is 1. The van der Waals surface area contributed by atoms with Gasteiger partial charge in [0.2, 0.25) is 0 Å². The molecule has 4 aromatic rings. The van der Waals surface area contributed by atoms with Gasteiger partial charge in [-0.05, 0) is 48.9 Å². The van der Waals surface area contributed by atoms with Crippen LogP contribution < -0.4 is 14.8 Å². The molecule has 1 amide bonds. The van der Waals surface area contributed by atoms with Crippen molar-refractivity contribution in [1.29, 1.82) is 0 Å². The Kier molecular flexibility index (Phi) is 6.27. The van der Waals surface area contributed by atoms with Gasteiger partial charge in [-0.15, -0.1) is 0 Å². The number of nitrogens with zero attached hydrogens (tertiary/aromatic N) is 1. The number of amides is 1. The second-order valence-electron chi connectivity index (χ2n) is 7.15. The van der Waals surface area contributed by atoms with E-state index in [1.54, 1.807) is 43.6 Å². The zero-order valence-electron chi connectivity index (χ0n) is 17.6. The first-order chi connectivity index (χ1) is 15.9. The van der Waals surface area contributed by atoms with Gasteiger partial charge >= 0.3 is 0 Å². The first kappa shape index (κ1) is 22.3. The van der Waals surface area contributed by atoms with E-state index >= 15 is 0 Å². The highest BCUT2D eigenvalue weighted by Crippen LogP contribution is 2.24. The third-order valence-electron chi connectivity index (χ3n) is 4.85. The molecule has 3 N–H and O–H groups in total. The van der Waals surface area contributed by atoms with Crippen LogP contribution in [0.5, 0.6) is 5.75 Å². The van der Waals surface area contributed by atoms with Crippen LogP contribution in [0.3, 0.4) is 0 Å². The van der Waals surface area contributed by atoms with Gasteiger partial charge in [-0.25, -0.2) is 12.8 Å². The smallest absolute Gasteiger partial charge is 0.267 e. The summed E-state index contributed by atoms with van der Waals surface area (Å²) in [4.78, 5) is 19.4. The predicted octanol–water partition coefficient (Wildman–Crippen LogP) is 3.83. The van der Waals surface area contributed by atoms with Crippen molar-refractivity contribution < 1.29 is 22.3 Å². The number of aromatic amines is 1. The minimum absolute atomic E-state index is 0.0334. The maximum absolute atomic E-state index is 14.2. The number of aromatic nitrogens is 2. The van der Waals surface area contributed by atoms with E-state index in [2.05, 4.69) is 20.0 Å². The van der Waals surface area contributed by atoms with Gasteiger partial charge in [0.05, 0.1) is 17.2 Å². The molecular weight excluding hydrogens is 447 g/mol. The highest BCUT2D eigenvalue weighted by molar-refractivity contribution is 7.92. The van der Waals surface area contributed by atoms with E-state index in [1.807, 2.05) is 0 Å². The first-order valence-electron chi connectivity index (χ1n) is 10.1. The number of pyridine rings is 1. The lowest BCUT2D eigenvalue weighted by Crippen LogP contribution is -2.23. The third-order valence-corrected chi connectivity index (χ3v) is 6.23. The van der Waals surface area contributed by atoms with E-state index < -0.39 is 15.8 Å². The largest absolute Gasteiger partial charge is 0.494 e. The normalized spacial score (nSPS) is 11.3. The molecule has 2 aromatic carbocycles. The summed E-state index contributed by atoms with van der Waals surface area (Å²) < 4.78 is 46.9. The molecule has 0 aliphatic heterocycles. The van der Waals surface area contributed by atoms with Crippen LogP contribution in [0, 0.1) is 5.82 Å². The molecule has 0 aliphatic carbocycles. The maximum atomic E-state index is 14.2. The Morgan fingerprint density at radius 2 is 1.91 bits per heavy atom. The average Bonchev–Trinajstić information content (AvgIpc) is 3.24. The van der Waals surface area contributed by atoms with Crippen LogP contribution in [0.2, 0.25) is 0 Å². The van der Waals surface area contributed by atoms with Crippen LogP contribution in [0.1, 0.15) is 23.0 Å². The Hall–Kier alpha value is -3.92. The Bertz CT molecular complexity index is 1370. The fourth-order valence-electron chi connectivity index (χ4n) is 3.20. The molecule has 0 bridgehead atoms. The molecule has 0 saturated carbocycles. The minimum atomic E-state index is -4.00. The van der Waals surface area contributed by atoms with Gasteiger partial charge in [-0.3, -0.25) is 14.5 Å². The number of hydrogen-bond acceptors (Lipinski definition) is 5. The molecule has 8 nitrogen and oxygen atoms in total. The van der Waals surface area contributed by atoms with Gasteiger partial charge < -0.3 is 15.0 Å². The van der Waals surface area contributed by atoms with Crippen LogP contribution in [0.15, 0.2) is 71.9 Å². The van der Waals surface area contributed by atoms with Gasteiger partial charge in [0.15, 0.2) is 5.82 Å². The van der Waals surface area contributed by atoms with E-state index in [-0.39, 0.29) is 23.0 Å². The van der Waals surface area contributed by atoms with Crippen LogP contribution in [-0.2, 0) is 16.6 Å². The Labute approximate surface area is 189 Å². The van der Waals surface area contributed by atoms with Gasteiger partial charge in [-0.1, -0.05) is 12.1 Å². The van der Waals surface area contributed by atoms with E-state index in [0.29, 0.717) is 23.6 Å². The van der Waals surface area contributed by atoms with E-state index in [1.165, 1.54) is 24.3 Å². The van der Waals surface area contributed by atoms with Crippen molar-refractivity contribution in [3.8, 4) is 5.75 Å². The SMILES string of the molecule is CCOc1ccc(NS(=O)(=O)c2ccc(CNC(=O)c3cc4cnccc4[nH]3)cc2)c(F)c1. The fourth-order valence-corrected chi connectivity index (χ4v) is 4.26. The number of carbonyl (C=O) groups is 1. The standard InChI is InChI=1S/C23H21FN4O4S/c1-2-32-17-5-8-21(19(24)12-17)28-33(30,31)18-6-3-15(4-7-18)13-26-23(29)22-11-16-14-25-10-9-20(16)27-22/h3-12,14,27-28H,2,13H2,1H3,(H,26,29). The molecular formula is C23H21FN4O4S.